The number of hydrogen-bond acceptors (Lipinski definition) is 2. The highest BCUT2D eigenvalue weighted by Gasteiger charge is 2.08. The molecule has 0 fully saturated rings. The highest BCUT2D eigenvalue weighted by Crippen LogP contribution is 2.24. The van der Waals surface area contributed by atoms with Crippen LogP contribution in [0.15, 0.2) is 18.2 Å². The molecule has 1 rings (SSSR count). The average Bonchev–Trinajstić information content (AvgIpc) is 2.16. The van der Waals surface area contributed by atoms with E-state index in [-0.39, 0.29) is 5.91 Å². The summed E-state index contributed by atoms with van der Waals surface area (Å²) in [5.74, 6) is 0.188. The Balaban J connectivity index is 3.15. The normalized spacial score (nSPS) is 10.1. The van der Waals surface area contributed by atoms with Crippen molar-refractivity contribution in [1.29, 1.82) is 0 Å². The van der Waals surface area contributed by atoms with Crippen LogP contribution < -0.4 is 5.32 Å². The second-order valence-electron chi connectivity index (χ2n) is 3.80. The molecule has 0 radical (unpaired) electrons. The van der Waals surface area contributed by atoms with E-state index >= 15 is 0 Å². The van der Waals surface area contributed by atoms with E-state index < -0.39 is 0 Å². The Bertz CT molecular complexity index is 383. The second kappa shape index (κ2) is 4.73. The lowest BCUT2D eigenvalue weighted by molar-refractivity contribution is -0.114. The molecule has 1 N–H and O–H groups in total. The Labute approximate surface area is 89.5 Å². The molecule has 0 aromatic heterocycles. The molecule has 0 aliphatic heterocycles. The summed E-state index contributed by atoms with van der Waals surface area (Å²) in [7, 11) is 0. The molecule has 1 aromatic carbocycles. The van der Waals surface area contributed by atoms with E-state index in [1.54, 1.807) is 12.1 Å². The highest BCUT2D eigenvalue weighted by molar-refractivity contribution is 5.91. The van der Waals surface area contributed by atoms with E-state index in [9.17, 15) is 9.59 Å². The van der Waals surface area contributed by atoms with Crippen LogP contribution in [0.4, 0.5) is 5.69 Å². The summed E-state index contributed by atoms with van der Waals surface area (Å²) in [6, 6.07) is 5.33. The van der Waals surface area contributed by atoms with Gasteiger partial charge in [-0.2, -0.15) is 0 Å². The van der Waals surface area contributed by atoms with Crippen molar-refractivity contribution in [2.45, 2.75) is 26.7 Å². The number of hydrogen-bond donors (Lipinski definition) is 1. The monoisotopic (exact) mass is 205 g/mol. The maximum absolute atomic E-state index is 11.0. The molecule has 0 bridgehead atoms. The smallest absolute Gasteiger partial charge is 0.221 e. The average molecular weight is 205 g/mol. The van der Waals surface area contributed by atoms with Crippen molar-refractivity contribution in [3.8, 4) is 0 Å². The van der Waals surface area contributed by atoms with Gasteiger partial charge in [-0.3, -0.25) is 9.59 Å². The lowest BCUT2D eigenvalue weighted by atomic mass is 9.99. The Kier molecular flexibility index (Phi) is 3.61. The molecule has 3 heteroatoms. The minimum absolute atomic E-state index is 0.125. The van der Waals surface area contributed by atoms with Crippen LogP contribution in [-0.4, -0.2) is 12.2 Å². The number of nitrogens with one attached hydrogen (secondary N) is 1. The summed E-state index contributed by atoms with van der Waals surface area (Å²) >= 11 is 0. The van der Waals surface area contributed by atoms with Crippen LogP contribution in [0.2, 0.25) is 0 Å². The van der Waals surface area contributed by atoms with Crippen molar-refractivity contribution in [1.82, 2.24) is 0 Å². The van der Waals surface area contributed by atoms with Gasteiger partial charge in [0.2, 0.25) is 5.91 Å². The zero-order chi connectivity index (χ0) is 11.4. The van der Waals surface area contributed by atoms with Gasteiger partial charge < -0.3 is 5.32 Å². The molecule has 0 heterocycles. The molecule has 0 saturated carbocycles. The third-order valence-corrected chi connectivity index (χ3v) is 2.15. The lowest BCUT2D eigenvalue weighted by Gasteiger charge is -2.13. The standard InChI is InChI=1S/C12H15NO2/c1-8(2)11-5-4-10(7-14)6-12(11)13-9(3)15/h4-8H,1-3H3,(H,13,15). The van der Waals surface area contributed by atoms with Crippen LogP contribution in [-0.2, 0) is 4.79 Å². The van der Waals surface area contributed by atoms with Crippen LogP contribution >= 0.6 is 0 Å². The van der Waals surface area contributed by atoms with Gasteiger partial charge in [-0.05, 0) is 17.5 Å². The van der Waals surface area contributed by atoms with Gasteiger partial charge in [0.15, 0.2) is 0 Å². The van der Waals surface area contributed by atoms with Crippen molar-refractivity contribution >= 4 is 17.9 Å². The summed E-state index contributed by atoms with van der Waals surface area (Å²) in [6.45, 7) is 5.54. The van der Waals surface area contributed by atoms with Crippen LogP contribution in [0.5, 0.6) is 0 Å². The van der Waals surface area contributed by atoms with Crippen LogP contribution in [0.3, 0.4) is 0 Å². The van der Waals surface area contributed by atoms with Crippen LogP contribution in [0.1, 0.15) is 42.6 Å². The van der Waals surface area contributed by atoms with Crippen LogP contribution in [0, 0.1) is 0 Å². The molecular weight excluding hydrogens is 190 g/mol. The number of aldehydes is 1. The molecule has 0 spiro atoms. The maximum Gasteiger partial charge on any atom is 0.221 e. The molecule has 15 heavy (non-hydrogen) atoms. The maximum atomic E-state index is 11.0. The predicted octanol–water partition coefficient (Wildman–Crippen LogP) is 2.58. The van der Waals surface area contributed by atoms with E-state index in [1.807, 2.05) is 19.9 Å². The summed E-state index contributed by atoms with van der Waals surface area (Å²) < 4.78 is 0. The first-order valence-corrected chi connectivity index (χ1v) is 4.91. The number of anilines is 1. The topological polar surface area (TPSA) is 46.2 Å². The summed E-state index contributed by atoms with van der Waals surface area (Å²) in [6.07, 6.45) is 0.773. The Hall–Kier alpha value is -1.64. The van der Waals surface area contributed by atoms with Crippen molar-refractivity contribution < 1.29 is 9.59 Å². The summed E-state index contributed by atoms with van der Waals surface area (Å²) in [4.78, 5) is 21.6. The number of carbonyl (C=O) groups excluding carboxylic acids is 2. The van der Waals surface area contributed by atoms with Crippen molar-refractivity contribution in [2.75, 3.05) is 5.32 Å². The third-order valence-electron chi connectivity index (χ3n) is 2.15. The van der Waals surface area contributed by atoms with Gasteiger partial charge in [0, 0.05) is 18.2 Å². The first-order chi connectivity index (χ1) is 7.04. The Morgan fingerprint density at radius 2 is 2.07 bits per heavy atom. The number of benzene rings is 1. The van der Waals surface area contributed by atoms with Crippen molar-refractivity contribution in [3.05, 3.63) is 29.3 Å². The molecule has 0 aliphatic rings. The molecule has 3 nitrogen and oxygen atoms in total. The van der Waals surface area contributed by atoms with Crippen LogP contribution in [0.25, 0.3) is 0 Å². The van der Waals surface area contributed by atoms with E-state index in [0.717, 1.165) is 17.5 Å². The minimum Gasteiger partial charge on any atom is -0.326 e. The van der Waals surface area contributed by atoms with Crippen molar-refractivity contribution in [2.24, 2.45) is 0 Å². The van der Waals surface area contributed by atoms with Gasteiger partial charge in [0.1, 0.15) is 6.29 Å². The molecule has 1 aromatic rings. The first kappa shape index (κ1) is 11.4. The third kappa shape index (κ3) is 2.91. The van der Waals surface area contributed by atoms with Crippen molar-refractivity contribution in [3.63, 3.8) is 0 Å². The molecule has 0 atom stereocenters. The fraction of sp³-hybridized carbons (Fsp3) is 0.333. The minimum atomic E-state index is -0.125. The Morgan fingerprint density at radius 1 is 1.40 bits per heavy atom. The quantitative estimate of drug-likeness (QED) is 0.771. The molecular formula is C12H15NO2. The van der Waals surface area contributed by atoms with E-state index in [4.69, 9.17) is 0 Å². The molecule has 0 unspecified atom stereocenters. The van der Waals surface area contributed by atoms with Gasteiger partial charge in [-0.1, -0.05) is 26.0 Å². The second-order valence-corrected chi connectivity index (χ2v) is 3.80. The molecule has 0 aliphatic carbocycles. The molecule has 80 valence electrons. The zero-order valence-corrected chi connectivity index (χ0v) is 9.20. The highest BCUT2D eigenvalue weighted by atomic mass is 16.1. The largest absolute Gasteiger partial charge is 0.326 e. The number of carbonyl (C=O) groups is 2. The first-order valence-electron chi connectivity index (χ1n) is 4.91. The van der Waals surface area contributed by atoms with Gasteiger partial charge >= 0.3 is 0 Å². The fourth-order valence-corrected chi connectivity index (χ4v) is 1.45. The van der Waals surface area contributed by atoms with Gasteiger partial charge in [-0.15, -0.1) is 0 Å². The predicted molar refractivity (Wildman–Crippen MR) is 60.2 cm³/mol. The zero-order valence-electron chi connectivity index (χ0n) is 9.20. The van der Waals surface area contributed by atoms with Gasteiger partial charge in [-0.25, -0.2) is 0 Å². The lowest BCUT2D eigenvalue weighted by Crippen LogP contribution is -2.09. The fourth-order valence-electron chi connectivity index (χ4n) is 1.45. The number of amides is 1. The molecule has 0 saturated heterocycles. The van der Waals surface area contributed by atoms with E-state index in [0.29, 0.717) is 11.5 Å². The van der Waals surface area contributed by atoms with E-state index in [2.05, 4.69) is 5.32 Å². The number of rotatable bonds is 3. The van der Waals surface area contributed by atoms with Gasteiger partial charge in [0.05, 0.1) is 0 Å². The summed E-state index contributed by atoms with van der Waals surface area (Å²) in [5, 5.41) is 2.73. The molecule has 1 amide bonds. The van der Waals surface area contributed by atoms with E-state index in [1.165, 1.54) is 6.92 Å². The SMILES string of the molecule is CC(=O)Nc1cc(C=O)ccc1C(C)C. The van der Waals surface area contributed by atoms with Gasteiger partial charge in [0.25, 0.3) is 0 Å². The summed E-state index contributed by atoms with van der Waals surface area (Å²) in [5.41, 5.74) is 2.33. The Morgan fingerprint density at radius 3 is 2.53 bits per heavy atom.